The summed E-state index contributed by atoms with van der Waals surface area (Å²) in [5, 5.41) is 3.37. The van der Waals surface area contributed by atoms with Gasteiger partial charge in [0.2, 0.25) is 0 Å². The van der Waals surface area contributed by atoms with Crippen molar-refractivity contribution in [1.82, 2.24) is 5.32 Å². The van der Waals surface area contributed by atoms with Gasteiger partial charge in [-0.1, -0.05) is 17.7 Å². The Labute approximate surface area is 119 Å². The number of aryl methyl sites for hydroxylation is 1. The normalized spacial score (nSPS) is 17.7. The van der Waals surface area contributed by atoms with E-state index in [1.165, 1.54) is 16.5 Å². The molecule has 1 heterocycles. The average Bonchev–Trinajstić information content (AvgIpc) is 2.90. The van der Waals surface area contributed by atoms with E-state index in [2.05, 4.69) is 5.32 Å². The Morgan fingerprint density at radius 2 is 2.11 bits per heavy atom. The molecular formula is C14H12ClF2NS. The first-order chi connectivity index (χ1) is 9.13. The van der Waals surface area contributed by atoms with E-state index in [1.54, 1.807) is 17.4 Å². The monoisotopic (exact) mass is 299 g/mol. The van der Waals surface area contributed by atoms with Crippen LogP contribution in [0.2, 0.25) is 4.34 Å². The molecule has 3 rings (SSSR count). The zero-order valence-corrected chi connectivity index (χ0v) is 11.6. The van der Waals surface area contributed by atoms with E-state index in [0.717, 1.165) is 28.8 Å². The Hall–Kier alpha value is -0.970. The van der Waals surface area contributed by atoms with Crippen LogP contribution in [0.5, 0.6) is 0 Å². The molecule has 0 fully saturated rings. The molecule has 5 heteroatoms. The highest BCUT2D eigenvalue weighted by atomic mass is 35.5. The average molecular weight is 300 g/mol. The third-order valence-electron chi connectivity index (χ3n) is 3.38. The van der Waals surface area contributed by atoms with Crippen LogP contribution < -0.4 is 5.32 Å². The topological polar surface area (TPSA) is 12.0 Å². The van der Waals surface area contributed by atoms with Gasteiger partial charge in [-0.05, 0) is 42.2 Å². The number of hydrogen-bond donors (Lipinski definition) is 1. The first-order valence-corrected chi connectivity index (χ1v) is 7.28. The number of rotatable bonds is 3. The number of benzene rings is 1. The minimum absolute atomic E-state index is 0.256. The fourth-order valence-corrected chi connectivity index (χ4v) is 3.79. The SMILES string of the molecule is Fc1ccc(CNC2CCc3sc(Cl)cc32)cc1F. The van der Waals surface area contributed by atoms with Crippen molar-refractivity contribution in [3.63, 3.8) is 0 Å². The lowest BCUT2D eigenvalue weighted by Gasteiger charge is -2.13. The highest BCUT2D eigenvalue weighted by molar-refractivity contribution is 7.16. The maximum atomic E-state index is 13.1. The van der Waals surface area contributed by atoms with E-state index in [1.807, 2.05) is 6.07 Å². The van der Waals surface area contributed by atoms with Crippen LogP contribution in [-0.2, 0) is 13.0 Å². The second-order valence-electron chi connectivity index (χ2n) is 4.65. The fourth-order valence-electron chi connectivity index (χ4n) is 2.43. The predicted octanol–water partition coefficient (Wildman–Crippen LogP) is 4.46. The van der Waals surface area contributed by atoms with Crippen LogP contribution in [0.15, 0.2) is 24.3 Å². The van der Waals surface area contributed by atoms with E-state index in [4.69, 9.17) is 11.6 Å². The molecule has 1 aromatic carbocycles. The molecule has 0 aliphatic heterocycles. The second kappa shape index (κ2) is 5.19. The van der Waals surface area contributed by atoms with Crippen molar-refractivity contribution < 1.29 is 8.78 Å². The lowest BCUT2D eigenvalue weighted by Crippen LogP contribution is -2.18. The molecule has 0 saturated heterocycles. The first-order valence-electron chi connectivity index (χ1n) is 6.09. The smallest absolute Gasteiger partial charge is 0.159 e. The molecule has 0 amide bonds. The third-order valence-corrected chi connectivity index (χ3v) is 4.72. The molecule has 1 nitrogen and oxygen atoms in total. The molecule has 1 atom stereocenters. The summed E-state index contributed by atoms with van der Waals surface area (Å²) in [5.41, 5.74) is 1.99. The summed E-state index contributed by atoms with van der Waals surface area (Å²) >= 11 is 7.62. The number of hydrogen-bond acceptors (Lipinski definition) is 2. The predicted molar refractivity (Wildman–Crippen MR) is 73.6 cm³/mol. The van der Waals surface area contributed by atoms with Crippen LogP contribution in [0.3, 0.4) is 0 Å². The highest BCUT2D eigenvalue weighted by Crippen LogP contribution is 2.39. The van der Waals surface area contributed by atoms with Gasteiger partial charge in [0, 0.05) is 17.5 Å². The molecule has 1 unspecified atom stereocenters. The maximum absolute atomic E-state index is 13.1. The summed E-state index contributed by atoms with van der Waals surface area (Å²) in [6.07, 6.45) is 2.06. The van der Waals surface area contributed by atoms with Gasteiger partial charge in [-0.3, -0.25) is 0 Å². The molecule has 1 N–H and O–H groups in total. The highest BCUT2D eigenvalue weighted by Gasteiger charge is 2.24. The van der Waals surface area contributed by atoms with Crippen molar-refractivity contribution >= 4 is 22.9 Å². The van der Waals surface area contributed by atoms with Crippen molar-refractivity contribution in [3.05, 3.63) is 56.2 Å². The fraction of sp³-hybridized carbons (Fsp3) is 0.286. The molecule has 1 aliphatic rings. The van der Waals surface area contributed by atoms with Crippen LogP contribution in [0.1, 0.15) is 28.5 Å². The lowest BCUT2D eigenvalue weighted by atomic mass is 10.1. The number of halogens is 3. The van der Waals surface area contributed by atoms with Gasteiger partial charge >= 0.3 is 0 Å². The number of nitrogens with one attached hydrogen (secondary N) is 1. The van der Waals surface area contributed by atoms with Gasteiger partial charge < -0.3 is 5.32 Å². The summed E-state index contributed by atoms with van der Waals surface area (Å²) in [4.78, 5) is 1.33. The molecule has 0 spiro atoms. The quantitative estimate of drug-likeness (QED) is 0.882. The summed E-state index contributed by atoms with van der Waals surface area (Å²) in [7, 11) is 0. The van der Waals surface area contributed by atoms with E-state index in [-0.39, 0.29) is 6.04 Å². The zero-order chi connectivity index (χ0) is 13.4. The van der Waals surface area contributed by atoms with Gasteiger partial charge in [-0.15, -0.1) is 11.3 Å². The molecule has 0 radical (unpaired) electrons. The maximum Gasteiger partial charge on any atom is 0.159 e. The lowest BCUT2D eigenvalue weighted by molar-refractivity contribution is 0.500. The van der Waals surface area contributed by atoms with Crippen molar-refractivity contribution in [2.45, 2.75) is 25.4 Å². The Bertz CT molecular complexity index is 611. The largest absolute Gasteiger partial charge is 0.306 e. The summed E-state index contributed by atoms with van der Waals surface area (Å²) in [5.74, 6) is -1.61. The van der Waals surface area contributed by atoms with Crippen molar-refractivity contribution in [1.29, 1.82) is 0 Å². The molecular weight excluding hydrogens is 288 g/mol. The molecule has 19 heavy (non-hydrogen) atoms. The Kier molecular flexibility index (Phi) is 3.56. The van der Waals surface area contributed by atoms with E-state index >= 15 is 0 Å². The molecule has 2 aromatic rings. The van der Waals surface area contributed by atoms with Crippen molar-refractivity contribution in [2.75, 3.05) is 0 Å². The summed E-state index contributed by atoms with van der Waals surface area (Å²) in [6.45, 7) is 0.523. The number of thiophene rings is 1. The van der Waals surface area contributed by atoms with Crippen molar-refractivity contribution in [3.8, 4) is 0 Å². The van der Waals surface area contributed by atoms with Gasteiger partial charge in [-0.25, -0.2) is 8.78 Å². The van der Waals surface area contributed by atoms with E-state index in [9.17, 15) is 8.78 Å². The second-order valence-corrected chi connectivity index (χ2v) is 6.42. The van der Waals surface area contributed by atoms with Crippen LogP contribution in [0.4, 0.5) is 8.78 Å². The summed E-state index contributed by atoms with van der Waals surface area (Å²) in [6, 6.07) is 6.25. The zero-order valence-electron chi connectivity index (χ0n) is 10.1. The minimum atomic E-state index is -0.809. The van der Waals surface area contributed by atoms with Crippen LogP contribution in [0, 0.1) is 11.6 Å². The van der Waals surface area contributed by atoms with Gasteiger partial charge in [-0.2, -0.15) is 0 Å². The minimum Gasteiger partial charge on any atom is -0.306 e. The van der Waals surface area contributed by atoms with Crippen LogP contribution >= 0.6 is 22.9 Å². The Balaban J connectivity index is 1.68. The summed E-state index contributed by atoms with van der Waals surface area (Å²) < 4.78 is 26.7. The standard InChI is InChI=1S/C14H12ClF2NS/c15-14-6-9-12(3-4-13(9)19-14)18-7-8-1-2-10(16)11(17)5-8/h1-2,5-6,12,18H,3-4,7H2. The third kappa shape index (κ3) is 2.66. The Morgan fingerprint density at radius 1 is 1.26 bits per heavy atom. The Morgan fingerprint density at radius 3 is 2.89 bits per heavy atom. The van der Waals surface area contributed by atoms with Gasteiger partial charge in [0.25, 0.3) is 0 Å². The molecule has 0 bridgehead atoms. The number of fused-ring (bicyclic) bond motifs is 1. The molecule has 0 saturated carbocycles. The van der Waals surface area contributed by atoms with Gasteiger partial charge in [0.1, 0.15) is 0 Å². The van der Waals surface area contributed by atoms with Gasteiger partial charge in [0.15, 0.2) is 11.6 Å². The molecule has 100 valence electrons. The van der Waals surface area contributed by atoms with Crippen molar-refractivity contribution in [2.24, 2.45) is 0 Å². The molecule has 1 aliphatic carbocycles. The van der Waals surface area contributed by atoms with Crippen LogP contribution in [0.25, 0.3) is 0 Å². The van der Waals surface area contributed by atoms with Crippen LogP contribution in [-0.4, -0.2) is 0 Å². The van der Waals surface area contributed by atoms with E-state index in [0.29, 0.717) is 6.54 Å². The molecule has 1 aromatic heterocycles. The van der Waals surface area contributed by atoms with E-state index < -0.39 is 11.6 Å². The van der Waals surface area contributed by atoms with Gasteiger partial charge in [0.05, 0.1) is 4.34 Å². The first kappa shape index (κ1) is 13.0.